The van der Waals surface area contributed by atoms with Crippen LogP contribution in [0.25, 0.3) is 10.9 Å². The van der Waals surface area contributed by atoms with E-state index in [-0.39, 0.29) is 37.1 Å². The van der Waals surface area contributed by atoms with E-state index >= 15 is 0 Å². The highest BCUT2D eigenvalue weighted by atomic mass is 16.5. The van der Waals surface area contributed by atoms with Gasteiger partial charge in [-0.1, -0.05) is 37.3 Å². The van der Waals surface area contributed by atoms with Crippen molar-refractivity contribution in [3.8, 4) is 0 Å². The smallest absolute Gasteiger partial charge is 0.329 e. The molecule has 1 fully saturated rings. The summed E-state index contributed by atoms with van der Waals surface area (Å²) in [5.41, 5.74) is 18.0. The van der Waals surface area contributed by atoms with Crippen LogP contribution in [-0.4, -0.2) is 264 Å². The fourth-order valence-corrected chi connectivity index (χ4v) is 10.7. The molecule has 4 rings (SSSR count). The number of rotatable bonds is 27. The maximum atomic E-state index is 14.8. The topological polar surface area (TPSA) is 712 Å². The number of ketones is 1. The molecule has 43 nitrogen and oxygen atoms in total. The average molecular weight is 1510 g/mol. The van der Waals surface area contributed by atoms with Crippen molar-refractivity contribution in [1.29, 1.82) is 0 Å². The molecule has 43 heteroatoms. The maximum Gasteiger partial charge on any atom is 0.329 e. The first-order valence-electron chi connectivity index (χ1n) is 33.2. The SMILES string of the molecule is CC(=O)NC(Cc1c[nH]c2ccccc12)C(=O)NC(CC(N)=O)C(=O)NC(CC(=O)O)C(=O)NC1C(=O)NCC(=O)NC(CCCN)C(=O)NC(CC(O)O)C(=O)NC(C)C(=O)NC(CC(O)O)C(=O)NCC(=O)NC(CO)C(=O)NC(C(C)CC(O)O)C(=O)NC(CC(=O)c2ccccc2N)C(=O)OC1C. The first kappa shape index (κ1) is 88.1. The molecule has 2 heterocycles. The third-order valence-corrected chi connectivity index (χ3v) is 16.1. The number of benzene rings is 2. The minimum atomic E-state index is -2.42. The molecule has 13 atom stereocenters. The van der Waals surface area contributed by atoms with Crippen LogP contribution in [-0.2, 0) is 87.9 Å². The number of carbonyl (C=O) groups excluding carboxylic acids is 16. The zero-order valence-corrected chi connectivity index (χ0v) is 58.3. The fourth-order valence-electron chi connectivity index (χ4n) is 10.7. The molecule has 0 spiro atoms. The Morgan fingerprint density at radius 2 is 1.15 bits per heavy atom. The molecule has 588 valence electrons. The van der Waals surface area contributed by atoms with Gasteiger partial charge < -0.3 is 137 Å². The van der Waals surface area contributed by atoms with Crippen LogP contribution >= 0.6 is 0 Å². The predicted molar refractivity (Wildman–Crippen MR) is 365 cm³/mol. The van der Waals surface area contributed by atoms with Crippen LogP contribution in [0.15, 0.2) is 54.7 Å². The molecule has 0 aliphatic carbocycles. The number of H-pyrrole nitrogens is 1. The Kier molecular flexibility index (Phi) is 35.0. The number of aliphatic carboxylic acids is 1. The summed E-state index contributed by atoms with van der Waals surface area (Å²) < 4.78 is 5.66. The second-order valence-electron chi connectivity index (χ2n) is 24.9. The highest BCUT2D eigenvalue weighted by Crippen LogP contribution is 2.21. The lowest BCUT2D eigenvalue weighted by Gasteiger charge is -2.30. The number of aliphatic hydroxyl groups is 7. The first-order valence-corrected chi connectivity index (χ1v) is 33.2. The number of hydrogen-bond acceptors (Lipinski definition) is 27. The number of nitrogens with two attached hydrogens (primary N) is 3. The van der Waals surface area contributed by atoms with E-state index in [1.54, 1.807) is 30.5 Å². The lowest BCUT2D eigenvalue weighted by Crippen LogP contribution is -2.62. The van der Waals surface area contributed by atoms with Gasteiger partial charge in [0.15, 0.2) is 24.7 Å². The summed E-state index contributed by atoms with van der Waals surface area (Å²) in [6, 6.07) is -10.0. The number of carboxylic acid groups (broad SMARTS) is 1. The van der Waals surface area contributed by atoms with E-state index in [1.165, 1.54) is 24.3 Å². The molecule has 2 aromatic carbocycles. The second kappa shape index (κ2) is 42.6. The number of amides is 14. The number of Topliss-reactive ketones (excluding diaryl/α,β-unsaturated/α-hetero) is 1. The Labute approximate surface area is 608 Å². The summed E-state index contributed by atoms with van der Waals surface area (Å²) in [4.78, 5) is 237. The zero-order chi connectivity index (χ0) is 80.1. The molecule has 1 aromatic heterocycles. The Morgan fingerprint density at radius 1 is 0.607 bits per heavy atom. The summed E-state index contributed by atoms with van der Waals surface area (Å²) in [6.45, 7) is 0.367. The highest BCUT2D eigenvalue weighted by Gasteiger charge is 2.41. The number of aromatic nitrogens is 1. The second-order valence-corrected chi connectivity index (χ2v) is 24.9. The van der Waals surface area contributed by atoms with Crippen molar-refractivity contribution in [2.24, 2.45) is 17.4 Å². The number of para-hydroxylation sites is 2. The number of aromatic amines is 1. The monoisotopic (exact) mass is 1510 g/mol. The minimum absolute atomic E-state index is 0.0670. The number of nitrogen functional groups attached to an aromatic ring is 1. The van der Waals surface area contributed by atoms with Gasteiger partial charge >= 0.3 is 11.9 Å². The maximum absolute atomic E-state index is 14.8. The van der Waals surface area contributed by atoms with Crippen LogP contribution in [0.4, 0.5) is 5.69 Å². The molecule has 0 radical (unpaired) electrons. The number of cyclic esters (lactones) is 1. The number of nitrogens with one attached hydrogen (secondary N) is 14. The van der Waals surface area contributed by atoms with Gasteiger partial charge in [0.1, 0.15) is 72.6 Å². The van der Waals surface area contributed by atoms with Crippen LogP contribution in [0, 0.1) is 5.92 Å². The fraction of sp³-hybridized carbons (Fsp3) is 0.516. The van der Waals surface area contributed by atoms with Crippen molar-refractivity contribution >= 4 is 117 Å². The third-order valence-electron chi connectivity index (χ3n) is 16.1. The molecule has 14 amide bonds. The van der Waals surface area contributed by atoms with Crippen LogP contribution in [0.5, 0.6) is 0 Å². The van der Waals surface area contributed by atoms with Gasteiger partial charge in [-0.2, -0.15) is 0 Å². The largest absolute Gasteiger partial charge is 0.481 e. The van der Waals surface area contributed by atoms with E-state index < -0.39 is 256 Å². The van der Waals surface area contributed by atoms with E-state index in [0.717, 1.165) is 27.7 Å². The number of primary amides is 1. The van der Waals surface area contributed by atoms with Crippen molar-refractivity contribution in [2.75, 3.05) is 32.0 Å². The van der Waals surface area contributed by atoms with Gasteiger partial charge in [-0.25, -0.2) is 4.79 Å². The van der Waals surface area contributed by atoms with Crippen molar-refractivity contribution < 1.29 is 127 Å². The molecule has 0 bridgehead atoms. The lowest BCUT2D eigenvalue weighted by atomic mass is 9.95. The number of fused-ring (bicyclic) bond motifs is 1. The van der Waals surface area contributed by atoms with Crippen molar-refractivity contribution in [1.82, 2.24) is 74.1 Å². The summed E-state index contributed by atoms with van der Waals surface area (Å²) in [7, 11) is 0. The van der Waals surface area contributed by atoms with Gasteiger partial charge in [0.25, 0.3) is 0 Å². The van der Waals surface area contributed by atoms with E-state index in [0.29, 0.717) is 16.5 Å². The van der Waals surface area contributed by atoms with Crippen LogP contribution in [0.2, 0.25) is 0 Å². The van der Waals surface area contributed by atoms with Crippen LogP contribution in [0.1, 0.15) is 95.0 Å². The van der Waals surface area contributed by atoms with Gasteiger partial charge in [0.05, 0.1) is 32.5 Å². The minimum Gasteiger partial charge on any atom is -0.481 e. The van der Waals surface area contributed by atoms with Gasteiger partial charge in [0, 0.05) is 67.4 Å². The van der Waals surface area contributed by atoms with E-state index in [2.05, 4.69) is 63.5 Å². The Morgan fingerprint density at radius 3 is 1.73 bits per heavy atom. The van der Waals surface area contributed by atoms with E-state index in [1.807, 2.05) is 10.6 Å². The number of ether oxygens (including phenoxy) is 1. The summed E-state index contributed by atoms with van der Waals surface area (Å²) in [5, 5.41) is 109. The van der Waals surface area contributed by atoms with Crippen LogP contribution < -0.4 is 86.3 Å². The number of anilines is 1. The predicted octanol–water partition coefficient (Wildman–Crippen LogP) is -11.1. The molecule has 1 saturated heterocycles. The Balaban J connectivity index is 1.88. The van der Waals surface area contributed by atoms with Crippen molar-refractivity contribution in [3.05, 3.63) is 65.9 Å². The number of carbonyl (C=O) groups is 17. The number of hydrogen-bond donors (Lipinski definition) is 25. The molecule has 0 saturated carbocycles. The third kappa shape index (κ3) is 28.9. The van der Waals surface area contributed by atoms with Crippen molar-refractivity contribution in [3.63, 3.8) is 0 Å². The van der Waals surface area contributed by atoms with Gasteiger partial charge in [0.2, 0.25) is 82.7 Å². The quantitative estimate of drug-likeness (QED) is 0.0146. The van der Waals surface area contributed by atoms with Gasteiger partial charge in [-0.15, -0.1) is 0 Å². The zero-order valence-electron chi connectivity index (χ0n) is 58.3. The molecular weight excluding hydrogens is 1420 g/mol. The van der Waals surface area contributed by atoms with Gasteiger partial charge in [-0.3, -0.25) is 76.7 Å². The molecule has 28 N–H and O–H groups in total. The molecule has 3 aromatic rings. The molecule has 13 unspecified atom stereocenters. The van der Waals surface area contributed by atoms with E-state index in [4.69, 9.17) is 21.9 Å². The molecule has 107 heavy (non-hydrogen) atoms. The molecule has 1 aliphatic heterocycles. The van der Waals surface area contributed by atoms with Gasteiger partial charge in [-0.05, 0) is 62.9 Å². The van der Waals surface area contributed by atoms with E-state index in [9.17, 15) is 122 Å². The standard InChI is InChI=1S/C64H91N17O26/c1-27(16-48(88)89)52-63(105)79-42(18-44(84)33-11-5-7-12-34(33)66)64(106)107-29(3)53(81-60(102)41(22-51(94)95)78-59(101)38(19-45(67)85)76-58(100)37(72-30(4)83)17-31-23-68-35-13-8-6-10-32(31)35)62(104)70-25-46(86)73-36(14-9-15-65)56(98)77-40(21-50(92)93)57(99)71-28(2)54(96)75-39(20-49(90)91)55(97)69-24-47(87)74-43(26-82)61(103)80-52/h5-8,10-13,23,27-29,36-43,48-50,52-53,68,82,88-93H,9,14-22,24-26,65-66H2,1-4H3,(H2,67,85)(H,69,97)(H,70,104)(H,71,99)(H,72,83)(H,73,86)(H,74,87)(H,75,96)(H,76,100)(H,77,98)(H,78,101)(H,79,105)(H,80,103)(H,81,102)(H,94,95). The first-order chi connectivity index (χ1) is 50.3. The normalized spacial score (nSPS) is 22.2. The number of esters is 1. The van der Waals surface area contributed by atoms with Crippen LogP contribution in [0.3, 0.4) is 0 Å². The molecular formula is C64H91N17O26. The summed E-state index contributed by atoms with van der Waals surface area (Å²) in [5.74, 6) is -24.3. The number of aliphatic hydroxyl groups excluding tert-OH is 4. The average Bonchev–Trinajstić information content (AvgIpc) is 1.44. The Hall–Kier alpha value is -11.4. The lowest BCUT2D eigenvalue weighted by molar-refractivity contribution is -0.156. The Bertz CT molecular complexity index is 3720. The molecule has 1 aliphatic rings. The van der Waals surface area contributed by atoms with Crippen molar-refractivity contribution in [2.45, 2.75) is 177 Å². The highest BCUT2D eigenvalue weighted by molar-refractivity contribution is 6.05. The summed E-state index contributed by atoms with van der Waals surface area (Å²) in [6.07, 6.45) is -14.5. The number of carboxylic acids is 1. The summed E-state index contributed by atoms with van der Waals surface area (Å²) >= 11 is 0.